The Morgan fingerprint density at radius 3 is 2.30 bits per heavy atom. The highest BCUT2D eigenvalue weighted by atomic mass is 16.4. The third-order valence-electron chi connectivity index (χ3n) is 7.20. The summed E-state index contributed by atoms with van der Waals surface area (Å²) in [7, 11) is 0. The zero-order valence-corrected chi connectivity index (χ0v) is 21.8. The maximum absolute atomic E-state index is 13.7. The number of carboxylic acid groups (broad SMARTS) is 1. The average molecular weight is 527 g/mol. The van der Waals surface area contributed by atoms with Crippen molar-refractivity contribution in [3.05, 3.63) is 131 Å². The van der Waals surface area contributed by atoms with Crippen molar-refractivity contribution < 1.29 is 14.7 Å². The summed E-state index contributed by atoms with van der Waals surface area (Å²) < 4.78 is 1.81. The predicted molar refractivity (Wildman–Crippen MR) is 155 cm³/mol. The lowest BCUT2D eigenvalue weighted by Crippen LogP contribution is -2.24. The zero-order chi connectivity index (χ0) is 27.6. The zero-order valence-electron chi connectivity index (χ0n) is 21.8. The molecule has 7 heteroatoms. The van der Waals surface area contributed by atoms with Crippen molar-refractivity contribution in [2.24, 2.45) is 0 Å². The van der Waals surface area contributed by atoms with Crippen LogP contribution >= 0.6 is 0 Å². The van der Waals surface area contributed by atoms with E-state index in [9.17, 15) is 9.59 Å². The van der Waals surface area contributed by atoms with E-state index in [0.717, 1.165) is 33.0 Å². The fourth-order valence-corrected chi connectivity index (χ4v) is 4.97. The van der Waals surface area contributed by atoms with Gasteiger partial charge in [0.1, 0.15) is 11.0 Å². The van der Waals surface area contributed by atoms with Crippen LogP contribution in [-0.2, 0) is 6.54 Å². The normalized spacial score (nSPS) is 11.9. The van der Waals surface area contributed by atoms with E-state index in [2.05, 4.69) is 52.9 Å². The fourth-order valence-electron chi connectivity index (χ4n) is 4.97. The summed E-state index contributed by atoms with van der Waals surface area (Å²) in [5, 5.41) is 23.4. The summed E-state index contributed by atoms with van der Waals surface area (Å²) >= 11 is 0. The first-order valence-electron chi connectivity index (χ1n) is 13.0. The highest BCUT2D eigenvalue weighted by Gasteiger charge is 2.22. The van der Waals surface area contributed by atoms with Crippen LogP contribution in [0.4, 0.5) is 0 Å². The molecule has 0 radical (unpaired) electrons. The third kappa shape index (κ3) is 4.80. The number of carbonyl (C=O) groups excluding carboxylic acids is 1. The van der Waals surface area contributed by atoms with Crippen molar-refractivity contribution in [2.75, 3.05) is 0 Å². The summed E-state index contributed by atoms with van der Waals surface area (Å²) in [5.74, 6) is -1.25. The minimum absolute atomic E-state index is 0.174. The van der Waals surface area contributed by atoms with Gasteiger partial charge >= 0.3 is 5.97 Å². The number of hydrogen-bond acceptors (Lipinski definition) is 4. The lowest BCUT2D eigenvalue weighted by molar-refractivity contribution is 0.0696. The quantitative estimate of drug-likeness (QED) is 0.248. The van der Waals surface area contributed by atoms with Crippen LogP contribution in [-0.4, -0.2) is 32.0 Å². The number of carbonyl (C=O) groups is 2. The Hall–Kier alpha value is -5.30. The summed E-state index contributed by atoms with van der Waals surface area (Å²) in [6, 6.07) is 34.5. The minimum Gasteiger partial charge on any atom is -0.478 e. The molecule has 0 unspecified atom stereocenters. The van der Waals surface area contributed by atoms with E-state index in [4.69, 9.17) is 5.11 Å². The number of carboxylic acids is 1. The van der Waals surface area contributed by atoms with Gasteiger partial charge < -0.3 is 10.4 Å². The van der Waals surface area contributed by atoms with Gasteiger partial charge in [0.15, 0.2) is 0 Å². The highest BCUT2D eigenvalue weighted by molar-refractivity contribution is 6.06. The van der Waals surface area contributed by atoms with Gasteiger partial charge in [-0.05, 0) is 70.3 Å². The van der Waals surface area contributed by atoms with Crippen molar-refractivity contribution >= 4 is 33.7 Å². The Morgan fingerprint density at radius 1 is 0.825 bits per heavy atom. The van der Waals surface area contributed by atoms with Gasteiger partial charge in [-0.15, -0.1) is 5.10 Å². The van der Waals surface area contributed by atoms with E-state index < -0.39 is 5.97 Å². The molecule has 0 fully saturated rings. The molecule has 1 heterocycles. The van der Waals surface area contributed by atoms with Crippen LogP contribution in [0.5, 0.6) is 0 Å². The second-order valence-electron chi connectivity index (χ2n) is 9.76. The van der Waals surface area contributed by atoms with Crippen LogP contribution in [0.2, 0.25) is 0 Å². The van der Waals surface area contributed by atoms with Gasteiger partial charge in [-0.3, -0.25) is 4.79 Å². The molecule has 1 aromatic heterocycles. The van der Waals surface area contributed by atoms with E-state index in [1.165, 1.54) is 12.1 Å². The molecule has 0 aliphatic rings. The molecule has 5 aromatic carbocycles. The maximum atomic E-state index is 13.7. The van der Waals surface area contributed by atoms with Gasteiger partial charge in [0, 0.05) is 6.54 Å². The summed E-state index contributed by atoms with van der Waals surface area (Å²) in [4.78, 5) is 24.9. The van der Waals surface area contributed by atoms with E-state index in [0.29, 0.717) is 16.6 Å². The summed E-state index contributed by atoms with van der Waals surface area (Å²) in [6.45, 7) is 2.30. The molecule has 196 valence electrons. The van der Waals surface area contributed by atoms with Gasteiger partial charge in [0.25, 0.3) is 5.91 Å². The second-order valence-corrected chi connectivity index (χ2v) is 9.76. The standard InChI is InChI=1S/C33H26N4O3/c1-21(26-16-15-24-9-5-6-10-27(24)17-26)37-31-29(32(38)34-20-22-11-13-25(14-12-22)33(39)40)18-28(19-30(31)35-36-37)23-7-3-2-4-8-23/h2-19,21H,20H2,1H3,(H,34,38)(H,39,40)/t21-/m0/s1. The Bertz CT molecular complexity index is 1860. The Labute approximate surface area is 230 Å². The number of amides is 1. The van der Waals surface area contributed by atoms with E-state index in [-0.39, 0.29) is 24.1 Å². The largest absolute Gasteiger partial charge is 0.478 e. The fraction of sp³-hybridized carbons (Fsp3) is 0.0909. The molecule has 0 aliphatic heterocycles. The third-order valence-corrected chi connectivity index (χ3v) is 7.20. The van der Waals surface area contributed by atoms with Gasteiger partial charge in [0.2, 0.25) is 0 Å². The number of fused-ring (bicyclic) bond motifs is 2. The number of aromatic nitrogens is 3. The molecule has 1 atom stereocenters. The number of nitrogens with one attached hydrogen (secondary N) is 1. The Morgan fingerprint density at radius 2 is 1.55 bits per heavy atom. The summed E-state index contributed by atoms with van der Waals surface area (Å²) in [6.07, 6.45) is 0. The molecule has 0 spiro atoms. The topological polar surface area (TPSA) is 97.1 Å². The van der Waals surface area contributed by atoms with Crippen molar-refractivity contribution in [1.82, 2.24) is 20.3 Å². The van der Waals surface area contributed by atoms with Crippen LogP contribution < -0.4 is 5.32 Å². The smallest absolute Gasteiger partial charge is 0.335 e. The molecule has 1 amide bonds. The van der Waals surface area contributed by atoms with Gasteiger partial charge in [-0.25, -0.2) is 9.48 Å². The van der Waals surface area contributed by atoms with Crippen LogP contribution in [0.15, 0.2) is 109 Å². The molecule has 40 heavy (non-hydrogen) atoms. The first kappa shape index (κ1) is 25.0. The molecule has 0 bridgehead atoms. The Balaban J connectivity index is 1.40. The highest BCUT2D eigenvalue weighted by Crippen LogP contribution is 2.31. The van der Waals surface area contributed by atoms with Crippen molar-refractivity contribution in [3.63, 3.8) is 0 Å². The van der Waals surface area contributed by atoms with Crippen LogP contribution in [0, 0.1) is 0 Å². The Kier molecular flexibility index (Phi) is 6.54. The van der Waals surface area contributed by atoms with Crippen LogP contribution in [0.1, 0.15) is 44.8 Å². The van der Waals surface area contributed by atoms with Gasteiger partial charge in [0.05, 0.1) is 17.2 Å². The molecule has 2 N–H and O–H groups in total. The number of rotatable bonds is 7. The lowest BCUT2D eigenvalue weighted by atomic mass is 10.00. The number of benzene rings is 5. The molecule has 0 saturated heterocycles. The van der Waals surface area contributed by atoms with Crippen molar-refractivity contribution in [3.8, 4) is 11.1 Å². The van der Waals surface area contributed by atoms with Gasteiger partial charge in [-0.1, -0.05) is 84.1 Å². The molecular formula is C33H26N4O3. The monoisotopic (exact) mass is 526 g/mol. The molecule has 0 aliphatic carbocycles. The van der Waals surface area contributed by atoms with E-state index >= 15 is 0 Å². The number of aromatic carboxylic acids is 1. The van der Waals surface area contributed by atoms with Gasteiger partial charge in [-0.2, -0.15) is 0 Å². The number of hydrogen-bond donors (Lipinski definition) is 2. The lowest BCUT2D eigenvalue weighted by Gasteiger charge is -2.16. The molecule has 7 nitrogen and oxygen atoms in total. The predicted octanol–water partition coefficient (Wildman–Crippen LogP) is 6.49. The average Bonchev–Trinajstić information content (AvgIpc) is 3.43. The van der Waals surface area contributed by atoms with E-state index in [1.807, 2.05) is 59.3 Å². The maximum Gasteiger partial charge on any atom is 0.335 e. The van der Waals surface area contributed by atoms with E-state index in [1.54, 1.807) is 12.1 Å². The van der Waals surface area contributed by atoms with Crippen LogP contribution in [0.25, 0.3) is 32.9 Å². The summed E-state index contributed by atoms with van der Waals surface area (Å²) in [5.41, 5.74) is 5.65. The van der Waals surface area contributed by atoms with Crippen molar-refractivity contribution in [2.45, 2.75) is 19.5 Å². The minimum atomic E-state index is -0.989. The molecule has 6 aromatic rings. The first-order valence-corrected chi connectivity index (χ1v) is 13.0. The SMILES string of the molecule is C[C@@H](c1ccc2ccccc2c1)n1nnc2cc(-c3ccccc3)cc(C(=O)NCc3ccc(C(=O)O)cc3)c21. The second kappa shape index (κ2) is 10.5. The molecule has 0 saturated carbocycles. The van der Waals surface area contributed by atoms with Crippen LogP contribution in [0.3, 0.4) is 0 Å². The van der Waals surface area contributed by atoms with Crippen molar-refractivity contribution in [1.29, 1.82) is 0 Å². The first-order chi connectivity index (χ1) is 19.5. The number of nitrogens with zero attached hydrogens (tertiary/aromatic N) is 3. The molecule has 6 rings (SSSR count). The molecular weight excluding hydrogens is 500 g/mol.